The first-order valence-electron chi connectivity index (χ1n) is 17.5. The third-order valence-corrected chi connectivity index (χ3v) is 13.5. The second-order valence-corrected chi connectivity index (χ2v) is 18.0. The fourth-order valence-electron chi connectivity index (χ4n) is 8.87. The van der Waals surface area contributed by atoms with Gasteiger partial charge in [0.05, 0.1) is 11.5 Å². The van der Waals surface area contributed by atoms with Gasteiger partial charge in [0.1, 0.15) is 27.9 Å². The van der Waals surface area contributed by atoms with Gasteiger partial charge in [0, 0.05) is 18.9 Å². The van der Waals surface area contributed by atoms with Crippen molar-refractivity contribution in [2.75, 3.05) is 25.4 Å². The number of ether oxygens (including phenoxy) is 2. The zero-order valence-electron chi connectivity index (χ0n) is 28.6. The smallest absolute Gasteiger partial charge is 0.453 e. The second-order valence-electron chi connectivity index (χ2n) is 14.6. The van der Waals surface area contributed by atoms with E-state index in [1.807, 2.05) is 19.1 Å². The third-order valence-electron chi connectivity index (χ3n) is 11.2. The van der Waals surface area contributed by atoms with Gasteiger partial charge in [-0.05, 0) is 91.9 Å². The zero-order chi connectivity index (χ0) is 37.0. The van der Waals surface area contributed by atoms with E-state index in [0.717, 1.165) is 51.4 Å². The van der Waals surface area contributed by atoms with Crippen molar-refractivity contribution >= 4 is 20.2 Å². The minimum atomic E-state index is -5.69. The average Bonchev–Trinajstić information content (AvgIpc) is 3.25. The molecule has 1 N–H and O–H groups in total. The summed E-state index contributed by atoms with van der Waals surface area (Å²) in [5.74, 6) is -4.82. The van der Waals surface area contributed by atoms with Crippen LogP contribution >= 0.6 is 0 Å². The second kappa shape index (κ2) is 16.6. The molecule has 4 rings (SSSR count). The summed E-state index contributed by atoms with van der Waals surface area (Å²) in [4.78, 5) is 0. The topological polar surface area (TPSA) is 116 Å². The van der Waals surface area contributed by atoms with Gasteiger partial charge in [-0.25, -0.2) is 17.0 Å². The quantitative estimate of drug-likeness (QED) is 0.0647. The summed E-state index contributed by atoms with van der Waals surface area (Å²) in [6.45, 7) is 2.00. The normalized spacial score (nSPS) is 28.6. The number of fused-ring (bicyclic) bond motifs is 5. The van der Waals surface area contributed by atoms with Crippen molar-refractivity contribution in [2.45, 2.75) is 127 Å². The van der Waals surface area contributed by atoms with Crippen molar-refractivity contribution in [3.05, 3.63) is 29.3 Å². The van der Waals surface area contributed by atoms with Crippen LogP contribution in [0, 0.1) is 23.2 Å². The van der Waals surface area contributed by atoms with E-state index in [1.54, 1.807) is 7.11 Å². The van der Waals surface area contributed by atoms with E-state index < -0.39 is 68.6 Å². The highest BCUT2D eigenvalue weighted by Crippen LogP contribution is 2.64. The standard InChI is InChI=1S/C34H50F6O8S2/c1-32-16-14-27-26-13-12-25(47-22-46-2)20-24(26)19-23(30(27)28(32)21-29(35)31(32)48-50(43,44)45)11-8-6-4-3-5-7-9-17-49(41,42)18-10-15-33(36,37)34(38,39)40/h12-13,20,23,27-31H,3-11,14-19,21-22H2,1-2H3,(H,43,44,45)/t23-,27-,28+,29-,30-,31+,32+/m1/s1. The van der Waals surface area contributed by atoms with Gasteiger partial charge in [-0.1, -0.05) is 51.5 Å². The first-order chi connectivity index (χ1) is 23.3. The summed E-state index contributed by atoms with van der Waals surface area (Å²) in [5.41, 5.74) is 1.63. The molecule has 3 aliphatic carbocycles. The van der Waals surface area contributed by atoms with Gasteiger partial charge in [-0.15, -0.1) is 0 Å². The van der Waals surface area contributed by atoms with Crippen molar-refractivity contribution in [2.24, 2.45) is 23.2 Å². The molecule has 0 radical (unpaired) electrons. The highest BCUT2D eigenvalue weighted by Gasteiger charge is 2.62. The molecule has 1 aromatic rings. The molecule has 7 atom stereocenters. The van der Waals surface area contributed by atoms with E-state index in [1.165, 1.54) is 11.1 Å². The maximum absolute atomic E-state index is 15.5. The molecule has 288 valence electrons. The molecule has 0 heterocycles. The van der Waals surface area contributed by atoms with Crippen molar-refractivity contribution in [3.8, 4) is 5.75 Å². The molecule has 0 bridgehead atoms. The fraction of sp³-hybridized carbons (Fsp3) is 0.824. The van der Waals surface area contributed by atoms with Crippen LogP contribution in [-0.2, 0) is 35.6 Å². The Morgan fingerprint density at radius 1 is 0.940 bits per heavy atom. The molecule has 16 heteroatoms. The average molecular weight is 765 g/mol. The highest BCUT2D eigenvalue weighted by atomic mass is 32.3. The van der Waals surface area contributed by atoms with Gasteiger partial charge in [-0.2, -0.15) is 30.4 Å². The van der Waals surface area contributed by atoms with E-state index in [-0.39, 0.29) is 42.6 Å². The van der Waals surface area contributed by atoms with Crippen LogP contribution in [0.5, 0.6) is 5.75 Å². The molecule has 0 aromatic heterocycles. The molecule has 50 heavy (non-hydrogen) atoms. The van der Waals surface area contributed by atoms with Gasteiger partial charge in [-0.3, -0.25) is 4.55 Å². The largest absolute Gasteiger partial charge is 0.468 e. The Hall–Kier alpha value is -1.62. The molecule has 0 spiro atoms. The fourth-order valence-corrected chi connectivity index (χ4v) is 10.9. The highest BCUT2D eigenvalue weighted by molar-refractivity contribution is 7.91. The Balaban J connectivity index is 1.29. The van der Waals surface area contributed by atoms with E-state index in [4.69, 9.17) is 13.7 Å². The van der Waals surface area contributed by atoms with Crippen LogP contribution in [0.25, 0.3) is 0 Å². The van der Waals surface area contributed by atoms with E-state index in [2.05, 4.69) is 6.07 Å². The number of alkyl halides is 6. The van der Waals surface area contributed by atoms with Gasteiger partial charge in [0.15, 0.2) is 6.79 Å². The molecule has 2 saturated carbocycles. The number of sulfone groups is 1. The monoisotopic (exact) mass is 764 g/mol. The van der Waals surface area contributed by atoms with Crippen molar-refractivity contribution in [3.63, 3.8) is 0 Å². The van der Waals surface area contributed by atoms with Crippen LogP contribution in [0.4, 0.5) is 26.3 Å². The van der Waals surface area contributed by atoms with Crippen LogP contribution in [0.1, 0.15) is 107 Å². The molecule has 0 aliphatic heterocycles. The molecular weight excluding hydrogens is 714 g/mol. The SMILES string of the molecule is COCOc1ccc2c(c1)C[C@@H](CCCCCCCCCS(=O)(=O)CCCC(F)(F)C(F)(F)F)[C@@H]1[C@@H]2CC[C@@]2(C)[C@H]1C[C@@H](F)[C@@H]2OS(=O)(=O)O. The molecule has 8 nitrogen and oxygen atoms in total. The van der Waals surface area contributed by atoms with Crippen molar-refractivity contribution in [1.82, 2.24) is 0 Å². The molecule has 0 amide bonds. The minimum Gasteiger partial charge on any atom is -0.468 e. The van der Waals surface area contributed by atoms with Crippen LogP contribution < -0.4 is 4.74 Å². The third kappa shape index (κ3) is 10.3. The Labute approximate surface area is 291 Å². The zero-order valence-corrected chi connectivity index (χ0v) is 30.2. The first-order valence-corrected chi connectivity index (χ1v) is 20.7. The van der Waals surface area contributed by atoms with Gasteiger partial charge < -0.3 is 9.47 Å². The molecule has 0 unspecified atom stereocenters. The number of rotatable bonds is 19. The number of hydrogen-bond acceptors (Lipinski definition) is 7. The summed E-state index contributed by atoms with van der Waals surface area (Å²) in [6.07, 6.45) is -2.39. The van der Waals surface area contributed by atoms with E-state index in [9.17, 15) is 43.3 Å². The maximum Gasteiger partial charge on any atom is 0.453 e. The van der Waals surface area contributed by atoms with Crippen LogP contribution in [0.15, 0.2) is 18.2 Å². The number of benzene rings is 1. The lowest BCUT2D eigenvalue weighted by atomic mass is 9.52. The molecule has 2 fully saturated rings. The van der Waals surface area contributed by atoms with Crippen molar-refractivity contribution in [1.29, 1.82) is 0 Å². The molecular formula is C34H50F6O8S2. The van der Waals surface area contributed by atoms with Crippen LogP contribution in [-0.4, -0.2) is 71.2 Å². The lowest BCUT2D eigenvalue weighted by molar-refractivity contribution is -0.284. The summed E-state index contributed by atoms with van der Waals surface area (Å²) >= 11 is 0. The first kappa shape index (κ1) is 41.1. The maximum atomic E-state index is 15.5. The molecule has 3 aliphatic rings. The van der Waals surface area contributed by atoms with Gasteiger partial charge >= 0.3 is 22.5 Å². The predicted octanol–water partition coefficient (Wildman–Crippen LogP) is 8.40. The number of methoxy groups -OCH3 is 1. The summed E-state index contributed by atoms with van der Waals surface area (Å²) in [5, 5.41) is 0. The number of halogens is 6. The number of hydrogen-bond donors (Lipinski definition) is 1. The summed E-state index contributed by atoms with van der Waals surface area (Å²) < 4.78 is 151. The lowest BCUT2D eigenvalue weighted by Crippen LogP contribution is -2.48. The Morgan fingerprint density at radius 2 is 1.58 bits per heavy atom. The minimum absolute atomic E-state index is 0.0990. The summed E-state index contributed by atoms with van der Waals surface area (Å²) in [6, 6.07) is 6.03. The Bertz CT molecular complexity index is 1490. The predicted molar refractivity (Wildman–Crippen MR) is 175 cm³/mol. The molecule has 1 aromatic carbocycles. The van der Waals surface area contributed by atoms with Gasteiger partial charge in [0.25, 0.3) is 0 Å². The Kier molecular flexibility index (Phi) is 13.7. The van der Waals surface area contributed by atoms with Crippen LogP contribution in [0.3, 0.4) is 0 Å². The van der Waals surface area contributed by atoms with E-state index >= 15 is 4.39 Å². The Morgan fingerprint density at radius 3 is 2.22 bits per heavy atom. The van der Waals surface area contributed by atoms with Crippen molar-refractivity contribution < 1.29 is 61.4 Å². The number of unbranched alkanes of at least 4 members (excludes halogenated alkanes) is 6. The van der Waals surface area contributed by atoms with Crippen LogP contribution in [0.2, 0.25) is 0 Å². The van der Waals surface area contributed by atoms with E-state index in [0.29, 0.717) is 25.0 Å². The summed E-state index contributed by atoms with van der Waals surface area (Å²) in [7, 11) is -7.01. The molecule has 0 saturated heterocycles. The lowest BCUT2D eigenvalue weighted by Gasteiger charge is -2.53. The van der Waals surface area contributed by atoms with Gasteiger partial charge in [0.2, 0.25) is 0 Å².